The fraction of sp³-hybridized carbons (Fsp3) is 0.375. The van der Waals surface area contributed by atoms with Crippen LogP contribution in [0.25, 0.3) is 0 Å². The van der Waals surface area contributed by atoms with Gasteiger partial charge in [0, 0.05) is 12.6 Å². The predicted molar refractivity (Wildman–Crippen MR) is 81.1 cm³/mol. The van der Waals surface area contributed by atoms with Gasteiger partial charge in [0.2, 0.25) is 5.91 Å². The number of nitrogens with zero attached hydrogens (tertiary/aromatic N) is 1. The Labute approximate surface area is 124 Å². The normalized spacial score (nSPS) is 11.9. The summed E-state index contributed by atoms with van der Waals surface area (Å²) in [6.45, 7) is 1.97. The third-order valence-electron chi connectivity index (χ3n) is 3.40. The average Bonchev–Trinajstić information content (AvgIpc) is 3.00. The number of carbonyl (C=O) groups is 1. The van der Waals surface area contributed by atoms with Crippen LogP contribution in [-0.4, -0.2) is 23.2 Å². The van der Waals surface area contributed by atoms with Gasteiger partial charge in [0.25, 0.3) is 0 Å². The Morgan fingerprint density at radius 3 is 3.05 bits per heavy atom. The number of ether oxygens (including phenoxy) is 1. The zero-order valence-electron chi connectivity index (χ0n) is 12.4. The Kier molecular flexibility index (Phi) is 5.37. The van der Waals surface area contributed by atoms with E-state index in [-0.39, 0.29) is 11.9 Å². The SMILES string of the molecule is COc1cccc([C@H](C)NC(=O)CCCc2cn[nH]c2)c1. The number of aromatic amines is 1. The van der Waals surface area contributed by atoms with E-state index in [4.69, 9.17) is 4.74 Å². The molecule has 0 fully saturated rings. The Hall–Kier alpha value is -2.30. The monoisotopic (exact) mass is 287 g/mol. The molecule has 0 aliphatic carbocycles. The van der Waals surface area contributed by atoms with E-state index in [0.717, 1.165) is 29.7 Å². The molecular formula is C16H21N3O2. The minimum absolute atomic E-state index is 0.0264. The van der Waals surface area contributed by atoms with Crippen LogP contribution < -0.4 is 10.1 Å². The first-order valence-corrected chi connectivity index (χ1v) is 7.10. The Morgan fingerprint density at radius 1 is 1.48 bits per heavy atom. The van der Waals surface area contributed by atoms with Crippen molar-refractivity contribution in [1.82, 2.24) is 15.5 Å². The number of carbonyl (C=O) groups excluding carboxylic acids is 1. The number of hydrogen-bond acceptors (Lipinski definition) is 3. The molecule has 0 saturated heterocycles. The summed E-state index contributed by atoms with van der Waals surface area (Å²) in [7, 11) is 1.64. The molecule has 5 heteroatoms. The molecule has 0 saturated carbocycles. The van der Waals surface area contributed by atoms with Crippen LogP contribution in [0.2, 0.25) is 0 Å². The molecule has 21 heavy (non-hydrogen) atoms. The molecule has 1 amide bonds. The molecule has 0 spiro atoms. The minimum Gasteiger partial charge on any atom is -0.497 e. The first-order valence-electron chi connectivity index (χ1n) is 7.10. The summed E-state index contributed by atoms with van der Waals surface area (Å²) >= 11 is 0. The molecule has 1 aromatic carbocycles. The number of hydrogen-bond donors (Lipinski definition) is 2. The van der Waals surface area contributed by atoms with Gasteiger partial charge in [0.1, 0.15) is 5.75 Å². The maximum absolute atomic E-state index is 11.9. The minimum atomic E-state index is -0.0264. The van der Waals surface area contributed by atoms with E-state index in [0.29, 0.717) is 6.42 Å². The first-order chi connectivity index (χ1) is 10.2. The molecule has 1 atom stereocenters. The van der Waals surface area contributed by atoms with Gasteiger partial charge >= 0.3 is 0 Å². The lowest BCUT2D eigenvalue weighted by atomic mass is 10.1. The molecule has 0 aliphatic heterocycles. The van der Waals surface area contributed by atoms with Crippen LogP contribution in [-0.2, 0) is 11.2 Å². The lowest BCUT2D eigenvalue weighted by molar-refractivity contribution is -0.121. The van der Waals surface area contributed by atoms with Gasteiger partial charge in [-0.05, 0) is 43.0 Å². The predicted octanol–water partition coefficient (Wildman–Crippen LogP) is 2.62. The number of H-pyrrole nitrogens is 1. The molecule has 0 unspecified atom stereocenters. The van der Waals surface area contributed by atoms with Crippen LogP contribution >= 0.6 is 0 Å². The van der Waals surface area contributed by atoms with E-state index in [1.165, 1.54) is 0 Å². The quantitative estimate of drug-likeness (QED) is 0.822. The third-order valence-corrected chi connectivity index (χ3v) is 3.40. The van der Waals surface area contributed by atoms with Crippen molar-refractivity contribution >= 4 is 5.91 Å². The largest absolute Gasteiger partial charge is 0.497 e. The van der Waals surface area contributed by atoms with Crippen molar-refractivity contribution in [1.29, 1.82) is 0 Å². The number of nitrogens with one attached hydrogen (secondary N) is 2. The number of aromatic nitrogens is 2. The first kappa shape index (κ1) is 15.1. The Morgan fingerprint density at radius 2 is 2.33 bits per heavy atom. The van der Waals surface area contributed by atoms with Gasteiger partial charge in [0.15, 0.2) is 0 Å². The molecule has 2 rings (SSSR count). The molecule has 112 valence electrons. The topological polar surface area (TPSA) is 67.0 Å². The number of rotatable bonds is 7. The van der Waals surface area contributed by atoms with Crippen molar-refractivity contribution in [2.24, 2.45) is 0 Å². The fourth-order valence-corrected chi connectivity index (χ4v) is 2.18. The van der Waals surface area contributed by atoms with E-state index in [9.17, 15) is 4.79 Å². The van der Waals surface area contributed by atoms with Crippen LogP contribution in [0, 0.1) is 0 Å². The summed E-state index contributed by atoms with van der Waals surface area (Å²) in [6, 6.07) is 7.72. The van der Waals surface area contributed by atoms with Gasteiger partial charge < -0.3 is 10.1 Å². The number of benzene rings is 1. The van der Waals surface area contributed by atoms with Crippen LogP contribution in [0.4, 0.5) is 0 Å². The standard InChI is InChI=1S/C16H21N3O2/c1-12(14-6-4-7-15(9-14)21-2)19-16(20)8-3-5-13-10-17-18-11-13/h4,6-7,9-12H,3,5,8H2,1-2H3,(H,17,18)(H,19,20)/t12-/m0/s1. The second-order valence-electron chi connectivity index (χ2n) is 5.03. The van der Waals surface area contributed by atoms with E-state index >= 15 is 0 Å². The van der Waals surface area contributed by atoms with Gasteiger partial charge in [-0.1, -0.05) is 12.1 Å². The number of aryl methyl sites for hydroxylation is 1. The molecule has 1 heterocycles. The zero-order valence-corrected chi connectivity index (χ0v) is 12.4. The summed E-state index contributed by atoms with van der Waals surface area (Å²) in [6.07, 6.45) is 5.83. The highest BCUT2D eigenvalue weighted by Crippen LogP contribution is 2.18. The lowest BCUT2D eigenvalue weighted by Crippen LogP contribution is -2.26. The fourth-order valence-electron chi connectivity index (χ4n) is 2.18. The maximum atomic E-state index is 11.9. The Bertz CT molecular complexity index is 567. The summed E-state index contributed by atoms with van der Waals surface area (Å²) < 4.78 is 5.19. The van der Waals surface area contributed by atoms with Crippen LogP contribution in [0.3, 0.4) is 0 Å². The summed E-state index contributed by atoms with van der Waals surface area (Å²) in [5, 5.41) is 9.67. The van der Waals surface area contributed by atoms with Crippen LogP contribution in [0.15, 0.2) is 36.7 Å². The average molecular weight is 287 g/mol. The van der Waals surface area contributed by atoms with Crippen LogP contribution in [0.1, 0.15) is 36.9 Å². The summed E-state index contributed by atoms with van der Waals surface area (Å²) in [4.78, 5) is 11.9. The Balaban J connectivity index is 1.78. The van der Waals surface area contributed by atoms with Gasteiger partial charge in [-0.15, -0.1) is 0 Å². The smallest absolute Gasteiger partial charge is 0.220 e. The summed E-state index contributed by atoms with van der Waals surface area (Å²) in [5.74, 6) is 0.863. The van der Waals surface area contributed by atoms with Crippen LogP contribution in [0.5, 0.6) is 5.75 Å². The third kappa shape index (κ3) is 4.63. The van der Waals surface area contributed by atoms with Crippen molar-refractivity contribution < 1.29 is 9.53 Å². The van der Waals surface area contributed by atoms with E-state index in [1.54, 1.807) is 13.3 Å². The number of amides is 1. The second-order valence-corrected chi connectivity index (χ2v) is 5.03. The maximum Gasteiger partial charge on any atom is 0.220 e. The molecular weight excluding hydrogens is 266 g/mol. The molecule has 2 N–H and O–H groups in total. The molecule has 0 bridgehead atoms. The summed E-state index contributed by atoms with van der Waals surface area (Å²) in [5.41, 5.74) is 2.17. The van der Waals surface area contributed by atoms with Crippen molar-refractivity contribution in [3.63, 3.8) is 0 Å². The van der Waals surface area contributed by atoms with Crippen molar-refractivity contribution in [3.8, 4) is 5.75 Å². The highest BCUT2D eigenvalue weighted by atomic mass is 16.5. The molecule has 0 radical (unpaired) electrons. The lowest BCUT2D eigenvalue weighted by Gasteiger charge is -2.15. The second kappa shape index (κ2) is 7.47. The van der Waals surface area contributed by atoms with Crippen molar-refractivity contribution in [2.75, 3.05) is 7.11 Å². The molecule has 2 aromatic rings. The van der Waals surface area contributed by atoms with Gasteiger partial charge in [-0.3, -0.25) is 9.89 Å². The molecule has 5 nitrogen and oxygen atoms in total. The zero-order chi connectivity index (χ0) is 15.1. The van der Waals surface area contributed by atoms with Crippen molar-refractivity contribution in [2.45, 2.75) is 32.2 Å². The van der Waals surface area contributed by atoms with Crippen molar-refractivity contribution in [3.05, 3.63) is 47.8 Å². The van der Waals surface area contributed by atoms with Gasteiger partial charge in [-0.25, -0.2) is 0 Å². The van der Waals surface area contributed by atoms with E-state index < -0.39 is 0 Å². The van der Waals surface area contributed by atoms with Gasteiger partial charge in [0.05, 0.1) is 19.3 Å². The molecule has 0 aliphatic rings. The molecule has 1 aromatic heterocycles. The highest BCUT2D eigenvalue weighted by molar-refractivity contribution is 5.76. The van der Waals surface area contributed by atoms with E-state index in [2.05, 4.69) is 15.5 Å². The number of methoxy groups -OCH3 is 1. The highest BCUT2D eigenvalue weighted by Gasteiger charge is 2.10. The van der Waals surface area contributed by atoms with Gasteiger partial charge in [-0.2, -0.15) is 5.10 Å². The van der Waals surface area contributed by atoms with E-state index in [1.807, 2.05) is 37.4 Å².